The van der Waals surface area contributed by atoms with Crippen molar-refractivity contribution in [2.75, 3.05) is 13.6 Å². The molecule has 64 valence electrons. The van der Waals surface area contributed by atoms with Gasteiger partial charge in [-0.05, 0) is 13.8 Å². The van der Waals surface area contributed by atoms with Crippen molar-refractivity contribution < 1.29 is 4.79 Å². The van der Waals surface area contributed by atoms with Gasteiger partial charge < -0.3 is 4.90 Å². The summed E-state index contributed by atoms with van der Waals surface area (Å²) in [6.07, 6.45) is 3.82. The van der Waals surface area contributed by atoms with Crippen molar-refractivity contribution >= 4 is 5.91 Å². The maximum atomic E-state index is 11.3. The van der Waals surface area contributed by atoms with Crippen LogP contribution in [0.5, 0.6) is 0 Å². The van der Waals surface area contributed by atoms with Crippen molar-refractivity contribution in [3.63, 3.8) is 0 Å². The predicted octanol–water partition coefficient (Wildman–Crippen LogP) is 1.68. The zero-order valence-corrected chi connectivity index (χ0v) is 7.79. The van der Waals surface area contributed by atoms with Gasteiger partial charge >= 0.3 is 0 Å². The first-order valence-corrected chi connectivity index (χ1v) is 4.01. The van der Waals surface area contributed by atoms with E-state index >= 15 is 0 Å². The Hall–Kier alpha value is -0.790. The van der Waals surface area contributed by atoms with Crippen molar-refractivity contribution in [2.24, 2.45) is 5.92 Å². The van der Waals surface area contributed by atoms with E-state index in [9.17, 15) is 4.79 Å². The number of hydrogen-bond acceptors (Lipinski definition) is 1. The predicted molar refractivity (Wildman–Crippen MR) is 47.3 cm³/mol. The smallest absolute Gasteiger partial charge is 0.228 e. The van der Waals surface area contributed by atoms with Gasteiger partial charge in [-0.25, -0.2) is 0 Å². The number of nitrogens with zero attached hydrogens (tertiary/aromatic N) is 1. The quantitative estimate of drug-likeness (QED) is 0.568. The molecule has 1 unspecified atom stereocenters. The van der Waals surface area contributed by atoms with Crippen LogP contribution in [0.2, 0.25) is 0 Å². The van der Waals surface area contributed by atoms with Gasteiger partial charge in [-0.3, -0.25) is 4.79 Å². The van der Waals surface area contributed by atoms with Gasteiger partial charge in [-0.1, -0.05) is 19.1 Å². The molecule has 2 heteroatoms. The molecule has 0 aliphatic rings. The van der Waals surface area contributed by atoms with E-state index in [4.69, 9.17) is 0 Å². The van der Waals surface area contributed by atoms with E-state index in [1.54, 1.807) is 4.90 Å². The normalized spacial score (nSPS) is 13.5. The molecule has 0 spiro atoms. The van der Waals surface area contributed by atoms with Gasteiger partial charge in [0.25, 0.3) is 0 Å². The largest absolute Gasteiger partial charge is 0.346 e. The van der Waals surface area contributed by atoms with Crippen LogP contribution in [0.25, 0.3) is 0 Å². The standard InChI is InChI=1S/C9H17NO/c1-5-7-8(3)9(11)10(4)6-2/h5,7-8H,6H2,1-4H3/b7-5-. The van der Waals surface area contributed by atoms with E-state index in [-0.39, 0.29) is 11.8 Å². The van der Waals surface area contributed by atoms with Crippen molar-refractivity contribution in [1.29, 1.82) is 0 Å². The highest BCUT2D eigenvalue weighted by Crippen LogP contribution is 2.01. The van der Waals surface area contributed by atoms with Gasteiger partial charge in [0.2, 0.25) is 5.91 Å². The van der Waals surface area contributed by atoms with Gasteiger partial charge in [0.05, 0.1) is 5.92 Å². The summed E-state index contributed by atoms with van der Waals surface area (Å²) in [7, 11) is 1.82. The number of carbonyl (C=O) groups excluding carboxylic acids is 1. The van der Waals surface area contributed by atoms with E-state index in [0.29, 0.717) is 0 Å². The van der Waals surface area contributed by atoms with Crippen LogP contribution in [0.15, 0.2) is 12.2 Å². The Morgan fingerprint density at radius 3 is 2.55 bits per heavy atom. The molecule has 0 N–H and O–H groups in total. The summed E-state index contributed by atoms with van der Waals surface area (Å²) in [5.41, 5.74) is 0. The minimum absolute atomic E-state index is 0.0185. The Labute approximate surface area is 68.9 Å². The van der Waals surface area contributed by atoms with Crippen molar-refractivity contribution in [3.05, 3.63) is 12.2 Å². The number of rotatable bonds is 3. The third-order valence-electron chi connectivity index (χ3n) is 1.72. The third-order valence-corrected chi connectivity index (χ3v) is 1.72. The molecule has 0 fully saturated rings. The zero-order valence-electron chi connectivity index (χ0n) is 7.79. The van der Waals surface area contributed by atoms with Crippen molar-refractivity contribution in [3.8, 4) is 0 Å². The molecule has 0 saturated heterocycles. The van der Waals surface area contributed by atoms with Gasteiger partial charge in [-0.15, -0.1) is 0 Å². The SMILES string of the molecule is C/C=C\C(C)C(=O)N(C)CC. The number of allylic oxidation sites excluding steroid dienone is 1. The second-order valence-corrected chi connectivity index (χ2v) is 2.67. The molecule has 0 aromatic heterocycles. The molecule has 0 aromatic carbocycles. The third kappa shape index (κ3) is 3.21. The van der Waals surface area contributed by atoms with E-state index in [1.807, 2.05) is 40.0 Å². The average Bonchev–Trinajstić information content (AvgIpc) is 2.02. The first kappa shape index (κ1) is 10.2. The molecule has 0 aromatic rings. The molecular weight excluding hydrogens is 138 g/mol. The molecule has 0 radical (unpaired) electrons. The second-order valence-electron chi connectivity index (χ2n) is 2.67. The monoisotopic (exact) mass is 155 g/mol. The molecule has 0 saturated carbocycles. The highest BCUT2D eigenvalue weighted by atomic mass is 16.2. The molecule has 0 aliphatic heterocycles. The summed E-state index contributed by atoms with van der Waals surface area (Å²) in [4.78, 5) is 13.1. The van der Waals surface area contributed by atoms with Gasteiger partial charge in [0.1, 0.15) is 0 Å². The van der Waals surface area contributed by atoms with Crippen LogP contribution < -0.4 is 0 Å². The van der Waals surface area contributed by atoms with E-state index in [1.165, 1.54) is 0 Å². The minimum Gasteiger partial charge on any atom is -0.346 e. The molecule has 0 bridgehead atoms. The maximum absolute atomic E-state index is 11.3. The van der Waals surface area contributed by atoms with Crippen LogP contribution in [-0.2, 0) is 4.79 Å². The number of amides is 1. The summed E-state index contributed by atoms with van der Waals surface area (Å²) < 4.78 is 0. The molecule has 0 heterocycles. The summed E-state index contributed by atoms with van der Waals surface area (Å²) >= 11 is 0. The Morgan fingerprint density at radius 1 is 1.64 bits per heavy atom. The molecule has 0 aliphatic carbocycles. The lowest BCUT2D eigenvalue weighted by atomic mass is 10.1. The Morgan fingerprint density at radius 2 is 2.18 bits per heavy atom. The van der Waals surface area contributed by atoms with Gasteiger partial charge in [-0.2, -0.15) is 0 Å². The molecular formula is C9H17NO. The van der Waals surface area contributed by atoms with Crippen LogP contribution in [0.4, 0.5) is 0 Å². The second kappa shape index (κ2) is 4.94. The van der Waals surface area contributed by atoms with Crippen molar-refractivity contribution in [2.45, 2.75) is 20.8 Å². The minimum atomic E-state index is 0.0185. The van der Waals surface area contributed by atoms with E-state index < -0.39 is 0 Å². The molecule has 2 nitrogen and oxygen atoms in total. The van der Waals surface area contributed by atoms with Gasteiger partial charge in [0.15, 0.2) is 0 Å². The number of carbonyl (C=O) groups is 1. The fraction of sp³-hybridized carbons (Fsp3) is 0.667. The Bertz CT molecular complexity index is 152. The molecule has 11 heavy (non-hydrogen) atoms. The van der Waals surface area contributed by atoms with Crippen molar-refractivity contribution in [1.82, 2.24) is 4.90 Å². The molecule has 1 amide bonds. The lowest BCUT2D eigenvalue weighted by Crippen LogP contribution is -2.30. The highest BCUT2D eigenvalue weighted by Gasteiger charge is 2.11. The Balaban J connectivity index is 4.01. The topological polar surface area (TPSA) is 20.3 Å². The van der Waals surface area contributed by atoms with Gasteiger partial charge in [0, 0.05) is 13.6 Å². The summed E-state index contributed by atoms with van der Waals surface area (Å²) in [6.45, 7) is 6.59. The highest BCUT2D eigenvalue weighted by molar-refractivity contribution is 5.79. The lowest BCUT2D eigenvalue weighted by molar-refractivity contribution is -0.131. The van der Waals surface area contributed by atoms with Crippen LogP contribution in [-0.4, -0.2) is 24.4 Å². The van der Waals surface area contributed by atoms with Crippen LogP contribution in [0.1, 0.15) is 20.8 Å². The molecule has 0 rings (SSSR count). The average molecular weight is 155 g/mol. The summed E-state index contributed by atoms with van der Waals surface area (Å²) in [5, 5.41) is 0. The Kier molecular flexibility index (Phi) is 4.59. The lowest BCUT2D eigenvalue weighted by Gasteiger charge is -2.17. The summed E-state index contributed by atoms with van der Waals surface area (Å²) in [5.74, 6) is 0.204. The fourth-order valence-corrected chi connectivity index (χ4v) is 0.874. The summed E-state index contributed by atoms with van der Waals surface area (Å²) in [6, 6.07) is 0. The van der Waals surface area contributed by atoms with Crippen LogP contribution >= 0.6 is 0 Å². The van der Waals surface area contributed by atoms with E-state index in [0.717, 1.165) is 6.54 Å². The first-order valence-electron chi connectivity index (χ1n) is 4.01. The molecule has 1 atom stereocenters. The first-order chi connectivity index (χ1) is 5.13. The fourth-order valence-electron chi connectivity index (χ4n) is 0.874. The van der Waals surface area contributed by atoms with Crippen LogP contribution in [0, 0.1) is 5.92 Å². The maximum Gasteiger partial charge on any atom is 0.228 e. The zero-order chi connectivity index (χ0) is 8.85. The van der Waals surface area contributed by atoms with Crippen LogP contribution in [0.3, 0.4) is 0 Å². The number of hydrogen-bond donors (Lipinski definition) is 0. The van der Waals surface area contributed by atoms with E-state index in [2.05, 4.69) is 0 Å².